The van der Waals surface area contributed by atoms with Crippen LogP contribution in [-0.2, 0) is 10.8 Å². The van der Waals surface area contributed by atoms with Gasteiger partial charge in [0.05, 0.1) is 0 Å². The van der Waals surface area contributed by atoms with Crippen molar-refractivity contribution >= 4 is 35.0 Å². The Morgan fingerprint density at radius 1 is 0.533 bits per heavy atom. The molecule has 0 N–H and O–H groups in total. The van der Waals surface area contributed by atoms with Gasteiger partial charge in [0.2, 0.25) is 0 Å². The van der Waals surface area contributed by atoms with Gasteiger partial charge in [0.25, 0.3) is 0 Å². The van der Waals surface area contributed by atoms with Crippen molar-refractivity contribution in [2.24, 2.45) is 0 Å². The summed E-state index contributed by atoms with van der Waals surface area (Å²) in [5.41, 5.74) is 2.90. The molecule has 1 heterocycles. The van der Waals surface area contributed by atoms with Crippen molar-refractivity contribution in [1.82, 2.24) is 4.90 Å². The molecule has 0 spiro atoms. The molecule has 228 valence electrons. The molecule has 0 fully saturated rings. The average Bonchev–Trinajstić information content (AvgIpc) is 3.32. The Labute approximate surface area is 268 Å². The Kier molecular flexibility index (Phi) is 8.33. The Bertz CT molecular complexity index is 1670. The summed E-state index contributed by atoms with van der Waals surface area (Å²) in [4.78, 5) is 27.7. The number of hydrogen-bond acceptors (Lipinski definition) is 2. The van der Waals surface area contributed by atoms with Gasteiger partial charge in [-0.2, -0.15) is 0 Å². The van der Waals surface area contributed by atoms with Gasteiger partial charge in [-0.25, -0.2) is 0 Å². The second kappa shape index (κ2) is 12.2. The standard InChI is InChI=1S/C41H42NO2P/c1-5-41(4,30-45(33-17-9-6-10-18-33,34-19-11-7-12-20-34)35-21-13-8-14-22-35)32-27-25-31(26-28-32)40(2,3)29-42-38(43)36-23-15-16-24-37(36)39(42)44/h6-28,45H,5,29-30H2,1-4H3. The van der Waals surface area contributed by atoms with Crippen molar-refractivity contribution in [2.45, 2.75) is 44.9 Å². The zero-order valence-electron chi connectivity index (χ0n) is 26.7. The van der Waals surface area contributed by atoms with Gasteiger partial charge >= 0.3 is 257 Å². The van der Waals surface area contributed by atoms with Gasteiger partial charge in [-0.3, -0.25) is 0 Å². The van der Waals surface area contributed by atoms with Gasteiger partial charge in [0.1, 0.15) is 0 Å². The number of hydrogen-bond donors (Lipinski definition) is 0. The van der Waals surface area contributed by atoms with Crippen LogP contribution in [0.2, 0.25) is 0 Å². The van der Waals surface area contributed by atoms with Crippen LogP contribution in [0.3, 0.4) is 0 Å². The molecule has 0 radical (unpaired) electrons. The van der Waals surface area contributed by atoms with Gasteiger partial charge in [0, 0.05) is 0 Å². The number of benzene rings is 5. The van der Waals surface area contributed by atoms with Crippen LogP contribution in [-0.4, -0.2) is 29.4 Å². The molecule has 0 aliphatic carbocycles. The fourth-order valence-corrected chi connectivity index (χ4v) is 12.7. The van der Waals surface area contributed by atoms with Crippen molar-refractivity contribution in [3.63, 3.8) is 0 Å². The Balaban J connectivity index is 1.36. The van der Waals surface area contributed by atoms with E-state index in [-0.39, 0.29) is 17.2 Å². The fourth-order valence-electron chi connectivity index (χ4n) is 7.18. The maximum absolute atomic E-state index is 13.1. The third-order valence-electron chi connectivity index (χ3n) is 10.0. The molecular weight excluding hydrogens is 569 g/mol. The van der Waals surface area contributed by atoms with Crippen LogP contribution in [0.4, 0.5) is 0 Å². The summed E-state index contributed by atoms with van der Waals surface area (Å²) in [5, 5.41) is 4.25. The monoisotopic (exact) mass is 611 g/mol. The van der Waals surface area contributed by atoms with Crippen LogP contribution < -0.4 is 15.9 Å². The van der Waals surface area contributed by atoms with Crippen molar-refractivity contribution in [3.8, 4) is 0 Å². The topological polar surface area (TPSA) is 37.4 Å². The van der Waals surface area contributed by atoms with E-state index in [1.54, 1.807) is 12.1 Å². The minimum absolute atomic E-state index is 0.0983. The van der Waals surface area contributed by atoms with Crippen molar-refractivity contribution in [1.29, 1.82) is 0 Å². The Hall–Kier alpha value is -4.33. The minimum atomic E-state index is -2.47. The van der Waals surface area contributed by atoms with Gasteiger partial charge < -0.3 is 0 Å². The van der Waals surface area contributed by atoms with Gasteiger partial charge in [-0.05, 0) is 0 Å². The van der Waals surface area contributed by atoms with E-state index in [0.29, 0.717) is 17.7 Å². The summed E-state index contributed by atoms with van der Waals surface area (Å²) in [5.74, 6) is -0.411. The van der Waals surface area contributed by atoms with E-state index in [9.17, 15) is 9.59 Å². The van der Waals surface area contributed by atoms with E-state index in [4.69, 9.17) is 0 Å². The molecule has 1 aliphatic rings. The number of amides is 2. The SMILES string of the molecule is CCC(C)(C[PH](c1ccccc1)(c1ccccc1)c1ccccc1)c1ccc(C(C)(C)CN2C(=O)c3ccccc3C2=O)cc1. The quantitative estimate of drug-likeness (QED) is 0.120. The molecule has 45 heavy (non-hydrogen) atoms. The van der Waals surface area contributed by atoms with E-state index in [1.165, 1.54) is 26.4 Å². The third-order valence-corrected chi connectivity index (χ3v) is 15.3. The molecule has 2 amide bonds. The van der Waals surface area contributed by atoms with E-state index in [2.05, 4.69) is 143 Å². The third kappa shape index (κ3) is 5.55. The number of carbonyl (C=O) groups is 2. The first kappa shape index (κ1) is 30.7. The van der Waals surface area contributed by atoms with E-state index in [1.807, 2.05) is 12.1 Å². The summed E-state index contributed by atoms with van der Waals surface area (Å²) in [7, 11) is -2.47. The number of carbonyl (C=O) groups excluding carboxylic acids is 2. The van der Waals surface area contributed by atoms with E-state index >= 15 is 0 Å². The van der Waals surface area contributed by atoms with E-state index < -0.39 is 12.7 Å². The van der Waals surface area contributed by atoms with Crippen LogP contribution in [0.1, 0.15) is 66.0 Å². The Morgan fingerprint density at radius 3 is 1.31 bits per heavy atom. The first-order chi connectivity index (χ1) is 21.7. The second-order valence-electron chi connectivity index (χ2n) is 13.3. The first-order valence-corrected chi connectivity index (χ1v) is 18.1. The van der Waals surface area contributed by atoms with Crippen LogP contribution in [0.15, 0.2) is 140 Å². The van der Waals surface area contributed by atoms with Gasteiger partial charge in [-0.1, -0.05) is 12.1 Å². The summed E-state index contributed by atoms with van der Waals surface area (Å²) in [6.45, 7) is 9.28. The molecule has 0 saturated carbocycles. The summed E-state index contributed by atoms with van der Waals surface area (Å²) < 4.78 is 0. The molecule has 0 saturated heterocycles. The molecular formula is C41H42NO2P. The number of fused-ring (bicyclic) bond motifs is 1. The van der Waals surface area contributed by atoms with Crippen molar-refractivity contribution < 1.29 is 9.59 Å². The average molecular weight is 612 g/mol. The molecule has 5 aromatic carbocycles. The van der Waals surface area contributed by atoms with E-state index in [0.717, 1.165) is 18.1 Å². The van der Waals surface area contributed by atoms with Crippen molar-refractivity contribution in [2.75, 3.05) is 12.7 Å². The normalized spacial score (nSPS) is 15.1. The van der Waals surface area contributed by atoms with Crippen LogP contribution in [0.25, 0.3) is 0 Å². The molecule has 1 aliphatic heterocycles. The predicted molar refractivity (Wildman–Crippen MR) is 190 cm³/mol. The fraction of sp³-hybridized carbons (Fsp3) is 0.220. The zero-order valence-corrected chi connectivity index (χ0v) is 27.7. The molecule has 6 rings (SSSR count). The second-order valence-corrected chi connectivity index (χ2v) is 17.2. The van der Waals surface area contributed by atoms with Gasteiger partial charge in [0.15, 0.2) is 0 Å². The molecule has 5 aromatic rings. The molecule has 0 aromatic heterocycles. The first-order valence-electron chi connectivity index (χ1n) is 15.9. The van der Waals surface area contributed by atoms with Crippen LogP contribution in [0, 0.1) is 0 Å². The Morgan fingerprint density at radius 2 is 0.911 bits per heavy atom. The van der Waals surface area contributed by atoms with Crippen LogP contribution in [0.5, 0.6) is 0 Å². The number of rotatable bonds is 10. The number of nitrogens with zero attached hydrogens (tertiary/aromatic N) is 1. The van der Waals surface area contributed by atoms with Gasteiger partial charge in [-0.15, -0.1) is 0 Å². The van der Waals surface area contributed by atoms with Crippen LogP contribution >= 0.6 is 7.26 Å². The molecule has 3 nitrogen and oxygen atoms in total. The zero-order chi connectivity index (χ0) is 31.7. The molecule has 0 bridgehead atoms. The number of imide groups is 1. The summed E-state index contributed by atoms with van der Waals surface area (Å²) in [6, 6.07) is 49.4. The van der Waals surface area contributed by atoms with Crippen molar-refractivity contribution in [3.05, 3.63) is 162 Å². The summed E-state index contributed by atoms with van der Waals surface area (Å²) in [6.07, 6.45) is 2.01. The molecule has 1 atom stereocenters. The maximum atomic E-state index is 13.1. The molecule has 4 heteroatoms. The predicted octanol–water partition coefficient (Wildman–Crippen LogP) is 7.65. The summed E-state index contributed by atoms with van der Waals surface area (Å²) >= 11 is 0. The molecule has 1 unspecified atom stereocenters.